The maximum atomic E-state index is 2.73. The first-order valence-corrected chi connectivity index (χ1v) is 48.0. The Bertz CT molecular complexity index is 3260. The van der Waals surface area contributed by atoms with Gasteiger partial charge in [-0.2, -0.15) is 0 Å². The molecule has 0 saturated carbocycles. The average molecular weight is 1090 g/mol. The fraction of sp³-hybridized carbons (Fsp3) is 0.133. The van der Waals surface area contributed by atoms with Crippen LogP contribution in [0, 0.1) is 0 Å². The van der Waals surface area contributed by atoms with E-state index >= 15 is 0 Å². The predicted octanol–water partition coefficient (Wildman–Crippen LogP) is 14.2. The van der Waals surface area contributed by atoms with Gasteiger partial charge >= 0.3 is 388 Å². The van der Waals surface area contributed by atoms with Gasteiger partial charge in [0.15, 0.2) is 0 Å². The third-order valence-electron chi connectivity index (χ3n) is 16.1. The molecule has 0 aliphatic heterocycles. The zero-order chi connectivity index (χ0) is 43.9. The molecule has 6 heteroatoms. The fourth-order valence-electron chi connectivity index (χ4n) is 13.6. The van der Waals surface area contributed by atoms with E-state index in [2.05, 4.69) is 255 Å². The minimum absolute atomic E-state index is 0. The van der Waals surface area contributed by atoms with Crippen LogP contribution in [0.25, 0.3) is 45.8 Å². The molecule has 4 atom stereocenters. The molecule has 8 aromatic rings. The average Bonchev–Trinajstić information content (AvgIpc) is 4.13. The summed E-state index contributed by atoms with van der Waals surface area (Å²) in [7, 11) is 0. The molecule has 0 saturated heterocycles. The van der Waals surface area contributed by atoms with Gasteiger partial charge in [-0.1, -0.05) is 0 Å². The van der Waals surface area contributed by atoms with Gasteiger partial charge < -0.3 is 0 Å². The van der Waals surface area contributed by atoms with Crippen molar-refractivity contribution >= 4 is 91.0 Å². The molecule has 0 spiro atoms. The van der Waals surface area contributed by atoms with E-state index in [0.717, 1.165) is 0 Å². The summed E-state index contributed by atoms with van der Waals surface area (Å²) in [5, 5.41) is 5.66. The summed E-state index contributed by atoms with van der Waals surface area (Å²) in [6.07, 6.45) is 14.8. The Hall–Kier alpha value is -3.98. The Morgan fingerprint density at radius 1 is 0.394 bits per heavy atom. The van der Waals surface area contributed by atoms with Crippen LogP contribution >= 0.6 is 24.8 Å². The molecule has 0 fully saturated rings. The van der Waals surface area contributed by atoms with Crippen molar-refractivity contribution in [1.29, 1.82) is 0 Å². The van der Waals surface area contributed by atoms with Crippen molar-refractivity contribution in [2.45, 2.75) is 37.6 Å². The van der Waals surface area contributed by atoms with Gasteiger partial charge in [-0.25, -0.2) is 0 Å². The first kappa shape index (κ1) is 47.1. The number of hydrogen-bond acceptors (Lipinski definition) is 0. The SMILES string of the molecule is CC1=Cc2ccc3ccccc3c2[CH]1[Zr]([CH3])([CH3])(=[SiH2])[CH]1C(C)=Cc2ccc3ccccc3c21.Cl.Cl.[SiH2]=[Zr]([c]1ccccc1)([c]1ccccc1)([CH]1C=Cc2ccccc21)[CH]1C=Cc2ccccc21. The number of rotatable bonds is 6. The molecule has 0 amide bonds. The van der Waals surface area contributed by atoms with Gasteiger partial charge in [-0.3, -0.25) is 0 Å². The Morgan fingerprint density at radius 3 is 1.18 bits per heavy atom. The van der Waals surface area contributed by atoms with Crippen molar-refractivity contribution in [3.63, 3.8) is 0 Å². The van der Waals surface area contributed by atoms with Gasteiger partial charge in [-0.05, 0) is 0 Å². The van der Waals surface area contributed by atoms with Crippen LogP contribution in [0.5, 0.6) is 0 Å². The predicted molar refractivity (Wildman–Crippen MR) is 293 cm³/mol. The normalized spacial score (nSPS) is 19.1. The van der Waals surface area contributed by atoms with E-state index in [9.17, 15) is 0 Å². The van der Waals surface area contributed by atoms with E-state index in [4.69, 9.17) is 0 Å². The summed E-state index contributed by atoms with van der Waals surface area (Å²) in [5.74, 6) is 0. The second kappa shape index (κ2) is 17.5. The Morgan fingerprint density at radius 2 is 0.758 bits per heavy atom. The van der Waals surface area contributed by atoms with Gasteiger partial charge in [0.25, 0.3) is 0 Å². The van der Waals surface area contributed by atoms with E-state index in [1.165, 1.54) is 54.9 Å². The molecule has 0 bridgehead atoms. The van der Waals surface area contributed by atoms with Crippen LogP contribution in [-0.4, -0.2) is 13.8 Å². The number of halogens is 2. The topological polar surface area (TPSA) is 0 Å². The van der Waals surface area contributed by atoms with Crippen molar-refractivity contribution in [3.8, 4) is 0 Å². The third-order valence-corrected chi connectivity index (χ3v) is 61.7. The molecule has 0 radical (unpaired) electrons. The minimum atomic E-state index is -4.14. The quantitative estimate of drug-likeness (QED) is 0.146. The summed E-state index contributed by atoms with van der Waals surface area (Å²) in [6, 6.07) is 68.4. The molecule has 12 rings (SSSR count). The molecule has 66 heavy (non-hydrogen) atoms. The Balaban J connectivity index is 0.000000161. The van der Waals surface area contributed by atoms with Crippen LogP contribution in [0.15, 0.2) is 205 Å². The maximum absolute atomic E-state index is 4.14. The van der Waals surface area contributed by atoms with Gasteiger partial charge in [0.2, 0.25) is 0 Å². The van der Waals surface area contributed by atoms with Gasteiger partial charge in [0, 0.05) is 0 Å². The first-order valence-electron chi connectivity index (χ1n) is 23.1. The molecule has 0 N–H and O–H groups in total. The van der Waals surface area contributed by atoms with Gasteiger partial charge in [-0.15, -0.1) is 24.8 Å². The number of fused-ring (bicyclic) bond motifs is 8. The summed E-state index contributed by atoms with van der Waals surface area (Å²) in [6.45, 7) is 9.62. The number of allylic oxidation sites excluding steroid dienone is 4. The summed E-state index contributed by atoms with van der Waals surface area (Å²) < 4.78 is 10.6. The molecule has 4 unspecified atom stereocenters. The van der Waals surface area contributed by atoms with Crippen molar-refractivity contribution in [2.75, 3.05) is 0 Å². The van der Waals surface area contributed by atoms with E-state index < -0.39 is 34.8 Å². The molecule has 4 aliphatic rings. The fourth-order valence-corrected chi connectivity index (χ4v) is 59.2. The molecular weight excluding hydrogens is 1030 g/mol. The standard InChI is InChI=1S/2C14H11.2C9H7.2C6H5.2CH3.2ClH.2H2Si.2Zr/c2*1-10-8-12-7-6-11-4-2-3-5-13(11)14(12)9-10;2*1-2-5-9-7-3-6-8(9)4-1;2*1-2-4-6-5-3-1;;;;;;;;/h2*2-9H,1H3;2*1-7H;2*1-5H;2*1H3;2*1H;2*1H2;;. The zero-order valence-corrected chi connectivity index (χ0v) is 47.7. The third kappa shape index (κ3) is 7.07. The van der Waals surface area contributed by atoms with Crippen LogP contribution in [0.3, 0.4) is 0 Å². The second-order valence-corrected chi connectivity index (χ2v) is 73.9. The van der Waals surface area contributed by atoms with Crippen LogP contribution in [0.2, 0.25) is 9.26 Å². The molecule has 0 nitrogen and oxygen atoms in total. The van der Waals surface area contributed by atoms with Crippen molar-refractivity contribution < 1.29 is 34.8 Å². The summed E-state index contributed by atoms with van der Waals surface area (Å²) >= 11 is -7.61. The van der Waals surface area contributed by atoms with E-state index in [-0.39, 0.29) is 24.8 Å². The van der Waals surface area contributed by atoms with Crippen LogP contribution < -0.4 is 6.54 Å². The summed E-state index contributed by atoms with van der Waals surface area (Å²) in [5.41, 5.74) is 15.0. The van der Waals surface area contributed by atoms with Crippen molar-refractivity contribution in [2.24, 2.45) is 0 Å². The van der Waals surface area contributed by atoms with Crippen molar-refractivity contribution in [3.05, 3.63) is 250 Å². The van der Waals surface area contributed by atoms with Crippen LogP contribution in [0.4, 0.5) is 0 Å². The Labute approximate surface area is 408 Å². The molecular formula is C60H58Cl2Si2Zr2. The van der Waals surface area contributed by atoms with Gasteiger partial charge in [0.05, 0.1) is 0 Å². The van der Waals surface area contributed by atoms with E-state index in [0.29, 0.717) is 14.5 Å². The molecule has 0 heterocycles. The van der Waals surface area contributed by atoms with Crippen LogP contribution in [-0.2, 0) is 34.8 Å². The second-order valence-electron chi connectivity index (χ2n) is 20.5. The first-order chi connectivity index (χ1) is 31.0. The summed E-state index contributed by atoms with van der Waals surface area (Å²) in [4.78, 5) is 0. The van der Waals surface area contributed by atoms with Crippen LogP contribution in [0.1, 0.15) is 72.9 Å². The molecule has 328 valence electrons. The molecule has 8 aromatic carbocycles. The van der Waals surface area contributed by atoms with Crippen molar-refractivity contribution in [1.82, 2.24) is 0 Å². The van der Waals surface area contributed by atoms with Gasteiger partial charge in [0.1, 0.15) is 0 Å². The molecule has 0 aromatic heterocycles. The monoisotopic (exact) mass is 1080 g/mol. The Kier molecular flexibility index (Phi) is 12.5. The number of benzene rings is 8. The number of hydrogen-bond donors (Lipinski definition) is 0. The molecule has 4 aliphatic carbocycles. The van der Waals surface area contributed by atoms with E-state index in [1.54, 1.807) is 28.8 Å². The van der Waals surface area contributed by atoms with E-state index in [1.807, 2.05) is 0 Å². The zero-order valence-electron chi connectivity index (χ0n) is 38.3.